The number of carbonyl (C=O) groups is 1. The fraction of sp³-hybridized carbons (Fsp3) is 0.0455. The van der Waals surface area contributed by atoms with Gasteiger partial charge in [0.2, 0.25) is 0 Å². The Labute approximate surface area is 141 Å². The van der Waals surface area contributed by atoms with E-state index in [1.165, 1.54) is 5.56 Å². The van der Waals surface area contributed by atoms with Crippen LogP contribution in [0, 0.1) is 6.92 Å². The zero-order chi connectivity index (χ0) is 16.5. The number of nitrogens with zero attached hydrogens (tertiary/aromatic N) is 1. The largest absolute Gasteiger partial charge is 0.322 e. The Hall–Kier alpha value is -3.13. The molecule has 0 spiro atoms. The molecule has 0 aliphatic heterocycles. The normalized spacial score (nSPS) is 10.9. The van der Waals surface area contributed by atoms with Gasteiger partial charge in [-0.2, -0.15) is 0 Å². The molecule has 0 amide bonds. The standard InChI is InChI=1S/C22H17NO/c1-16-10-12-17(13-11-16)19-15-23-14-6-5-9-20(23)21(19)22(24)18-7-3-2-4-8-18/h2-15H,1H3. The van der Waals surface area contributed by atoms with Gasteiger partial charge in [-0.15, -0.1) is 0 Å². The lowest BCUT2D eigenvalue weighted by atomic mass is 9.96. The quantitative estimate of drug-likeness (QED) is 0.480. The first-order valence-electron chi connectivity index (χ1n) is 8.00. The van der Waals surface area contributed by atoms with E-state index in [0.717, 1.165) is 22.2 Å². The van der Waals surface area contributed by atoms with E-state index in [1.807, 2.05) is 65.3 Å². The molecule has 0 fully saturated rings. The number of rotatable bonds is 3. The average Bonchev–Trinajstić information content (AvgIpc) is 3.02. The highest BCUT2D eigenvalue weighted by Crippen LogP contribution is 2.31. The van der Waals surface area contributed by atoms with Crippen molar-refractivity contribution in [3.63, 3.8) is 0 Å². The van der Waals surface area contributed by atoms with Crippen molar-refractivity contribution in [1.29, 1.82) is 0 Å². The van der Waals surface area contributed by atoms with Gasteiger partial charge in [0.15, 0.2) is 5.78 Å². The molecule has 2 aromatic heterocycles. The SMILES string of the molecule is Cc1ccc(-c2cn3ccccc3c2C(=O)c2ccccc2)cc1. The number of carbonyl (C=O) groups excluding carboxylic acids is 1. The lowest BCUT2D eigenvalue weighted by Gasteiger charge is -2.05. The second kappa shape index (κ2) is 5.82. The van der Waals surface area contributed by atoms with Crippen molar-refractivity contribution >= 4 is 11.3 Å². The van der Waals surface area contributed by atoms with Crippen molar-refractivity contribution in [2.45, 2.75) is 6.92 Å². The Morgan fingerprint density at radius 2 is 1.54 bits per heavy atom. The summed E-state index contributed by atoms with van der Waals surface area (Å²) in [5, 5.41) is 0. The third-order valence-electron chi connectivity index (χ3n) is 4.31. The summed E-state index contributed by atoms with van der Waals surface area (Å²) in [6.45, 7) is 2.07. The molecule has 2 heterocycles. The molecular formula is C22H17NO. The van der Waals surface area contributed by atoms with E-state index in [4.69, 9.17) is 0 Å². The Kier molecular flexibility index (Phi) is 3.51. The van der Waals surface area contributed by atoms with Gasteiger partial charge in [0.25, 0.3) is 0 Å². The van der Waals surface area contributed by atoms with Crippen LogP contribution in [0.25, 0.3) is 16.6 Å². The zero-order valence-corrected chi connectivity index (χ0v) is 13.4. The molecule has 0 atom stereocenters. The number of benzene rings is 2. The molecule has 0 N–H and O–H groups in total. The molecular weight excluding hydrogens is 294 g/mol. The second-order valence-electron chi connectivity index (χ2n) is 5.97. The predicted molar refractivity (Wildman–Crippen MR) is 97.4 cm³/mol. The minimum atomic E-state index is 0.0554. The van der Waals surface area contributed by atoms with Crippen LogP contribution in [0.5, 0.6) is 0 Å². The van der Waals surface area contributed by atoms with E-state index in [-0.39, 0.29) is 5.78 Å². The van der Waals surface area contributed by atoms with E-state index in [1.54, 1.807) is 0 Å². The third-order valence-corrected chi connectivity index (χ3v) is 4.31. The number of fused-ring (bicyclic) bond motifs is 1. The zero-order valence-electron chi connectivity index (χ0n) is 13.4. The molecule has 2 heteroatoms. The fourth-order valence-electron chi connectivity index (χ4n) is 3.05. The van der Waals surface area contributed by atoms with Crippen molar-refractivity contribution < 1.29 is 4.79 Å². The highest BCUT2D eigenvalue weighted by Gasteiger charge is 2.20. The van der Waals surface area contributed by atoms with Crippen LogP contribution in [-0.2, 0) is 0 Å². The summed E-state index contributed by atoms with van der Waals surface area (Å²) in [5.41, 5.74) is 5.63. The van der Waals surface area contributed by atoms with E-state index < -0.39 is 0 Å². The number of pyridine rings is 1. The monoisotopic (exact) mass is 311 g/mol. The molecule has 0 aliphatic rings. The Balaban J connectivity index is 1.97. The maximum Gasteiger partial charge on any atom is 0.195 e. The second-order valence-corrected chi connectivity index (χ2v) is 5.97. The number of aromatic nitrogens is 1. The van der Waals surface area contributed by atoms with Crippen LogP contribution in [-0.4, -0.2) is 10.2 Å². The van der Waals surface area contributed by atoms with Crippen molar-refractivity contribution in [3.05, 3.63) is 102 Å². The van der Waals surface area contributed by atoms with Crippen LogP contribution in [0.4, 0.5) is 0 Å². The summed E-state index contributed by atoms with van der Waals surface area (Å²) >= 11 is 0. The number of ketones is 1. The maximum atomic E-state index is 13.2. The van der Waals surface area contributed by atoms with Gasteiger partial charge in [-0.3, -0.25) is 4.79 Å². The van der Waals surface area contributed by atoms with Crippen LogP contribution >= 0.6 is 0 Å². The molecule has 4 rings (SSSR count). The summed E-state index contributed by atoms with van der Waals surface area (Å²) in [6.07, 6.45) is 4.02. The molecule has 0 saturated carbocycles. The Morgan fingerprint density at radius 3 is 2.29 bits per heavy atom. The first-order valence-corrected chi connectivity index (χ1v) is 8.00. The highest BCUT2D eigenvalue weighted by atomic mass is 16.1. The van der Waals surface area contributed by atoms with Gasteiger partial charge in [0, 0.05) is 23.5 Å². The first kappa shape index (κ1) is 14.5. The van der Waals surface area contributed by atoms with Crippen LogP contribution in [0.15, 0.2) is 85.2 Å². The van der Waals surface area contributed by atoms with Gasteiger partial charge in [0.05, 0.1) is 11.1 Å². The van der Waals surface area contributed by atoms with Crippen molar-refractivity contribution in [1.82, 2.24) is 4.40 Å². The van der Waals surface area contributed by atoms with Gasteiger partial charge < -0.3 is 4.40 Å². The summed E-state index contributed by atoms with van der Waals surface area (Å²) in [6, 6.07) is 23.7. The van der Waals surface area contributed by atoms with Crippen LogP contribution in [0.2, 0.25) is 0 Å². The molecule has 4 aromatic rings. The Morgan fingerprint density at radius 1 is 0.833 bits per heavy atom. The molecule has 2 aromatic carbocycles. The minimum absolute atomic E-state index is 0.0554. The van der Waals surface area contributed by atoms with E-state index in [0.29, 0.717) is 5.56 Å². The summed E-state index contributed by atoms with van der Waals surface area (Å²) in [5.74, 6) is 0.0554. The number of hydrogen-bond acceptors (Lipinski definition) is 1. The molecule has 0 aliphatic carbocycles. The number of aryl methyl sites for hydroxylation is 1. The van der Waals surface area contributed by atoms with E-state index >= 15 is 0 Å². The van der Waals surface area contributed by atoms with Gasteiger partial charge >= 0.3 is 0 Å². The lowest BCUT2D eigenvalue weighted by molar-refractivity contribution is 0.104. The molecule has 116 valence electrons. The molecule has 24 heavy (non-hydrogen) atoms. The maximum absolute atomic E-state index is 13.2. The lowest BCUT2D eigenvalue weighted by Crippen LogP contribution is -2.02. The topological polar surface area (TPSA) is 21.5 Å². The first-order chi connectivity index (χ1) is 11.7. The minimum Gasteiger partial charge on any atom is -0.322 e. The molecule has 0 radical (unpaired) electrons. The van der Waals surface area contributed by atoms with E-state index in [2.05, 4.69) is 31.2 Å². The van der Waals surface area contributed by atoms with Gasteiger partial charge in [-0.05, 0) is 24.6 Å². The molecule has 0 unspecified atom stereocenters. The fourth-order valence-corrected chi connectivity index (χ4v) is 3.05. The van der Waals surface area contributed by atoms with Crippen LogP contribution < -0.4 is 0 Å². The summed E-state index contributed by atoms with van der Waals surface area (Å²) in [7, 11) is 0. The molecule has 0 bridgehead atoms. The van der Waals surface area contributed by atoms with Gasteiger partial charge in [0.1, 0.15) is 0 Å². The van der Waals surface area contributed by atoms with Crippen LogP contribution in [0.3, 0.4) is 0 Å². The average molecular weight is 311 g/mol. The Bertz CT molecular complexity index is 1010. The van der Waals surface area contributed by atoms with Gasteiger partial charge in [-0.25, -0.2) is 0 Å². The third kappa shape index (κ3) is 2.42. The van der Waals surface area contributed by atoms with Gasteiger partial charge in [-0.1, -0.05) is 66.2 Å². The van der Waals surface area contributed by atoms with Crippen molar-refractivity contribution in [3.8, 4) is 11.1 Å². The van der Waals surface area contributed by atoms with Crippen molar-refractivity contribution in [2.75, 3.05) is 0 Å². The molecule has 2 nitrogen and oxygen atoms in total. The summed E-state index contributed by atoms with van der Waals surface area (Å²) in [4.78, 5) is 13.2. The predicted octanol–water partition coefficient (Wildman–Crippen LogP) is 5.15. The summed E-state index contributed by atoms with van der Waals surface area (Å²) < 4.78 is 2.02. The number of hydrogen-bond donors (Lipinski definition) is 0. The molecule has 0 saturated heterocycles. The van der Waals surface area contributed by atoms with Crippen LogP contribution in [0.1, 0.15) is 21.5 Å². The highest BCUT2D eigenvalue weighted by molar-refractivity contribution is 6.17. The smallest absolute Gasteiger partial charge is 0.195 e. The van der Waals surface area contributed by atoms with E-state index in [9.17, 15) is 4.79 Å². The van der Waals surface area contributed by atoms with Crippen molar-refractivity contribution in [2.24, 2.45) is 0 Å².